The van der Waals surface area contributed by atoms with Crippen LogP contribution in [0, 0.1) is 0 Å². The molecule has 0 unspecified atom stereocenters. The number of hydrogen-bond acceptors (Lipinski definition) is 5. The third-order valence-corrected chi connectivity index (χ3v) is 6.08. The lowest BCUT2D eigenvalue weighted by Gasteiger charge is -2.17. The molecule has 0 atom stereocenters. The third-order valence-electron chi connectivity index (χ3n) is 4.62. The number of aryl methyl sites for hydroxylation is 2. The van der Waals surface area contributed by atoms with E-state index in [-0.39, 0.29) is 13.2 Å². The van der Waals surface area contributed by atoms with E-state index < -0.39 is 10.0 Å². The molecule has 0 fully saturated rings. The lowest BCUT2D eigenvalue weighted by molar-refractivity contribution is 0.316. The fraction of sp³-hybridized carbons (Fsp3) is 0.400. The van der Waals surface area contributed by atoms with Crippen molar-refractivity contribution in [2.24, 2.45) is 0 Å². The van der Waals surface area contributed by atoms with Gasteiger partial charge in [0.15, 0.2) is 0 Å². The minimum Gasteiger partial charge on any atom is -0.496 e. The SMILES string of the molecule is COc1cc(OC)cc(OCCNS(=O)(=O)c2ccc3c(c2)CCCC3)c1. The Hall–Kier alpha value is -2.25. The van der Waals surface area contributed by atoms with E-state index in [1.165, 1.54) is 12.0 Å². The molecule has 2 aromatic rings. The molecule has 2 aromatic carbocycles. The number of fused-ring (bicyclic) bond motifs is 1. The van der Waals surface area contributed by atoms with Gasteiger partial charge < -0.3 is 14.2 Å². The van der Waals surface area contributed by atoms with E-state index in [1.807, 2.05) is 6.07 Å². The van der Waals surface area contributed by atoms with E-state index in [2.05, 4.69) is 4.72 Å². The van der Waals surface area contributed by atoms with Gasteiger partial charge in [-0.25, -0.2) is 13.1 Å². The second kappa shape index (κ2) is 8.63. The highest BCUT2D eigenvalue weighted by atomic mass is 32.2. The molecule has 0 saturated carbocycles. The molecule has 0 saturated heterocycles. The molecule has 0 amide bonds. The van der Waals surface area contributed by atoms with Crippen molar-refractivity contribution in [3.8, 4) is 17.2 Å². The van der Waals surface area contributed by atoms with Gasteiger partial charge in [0.25, 0.3) is 0 Å². The number of rotatable bonds is 8. The van der Waals surface area contributed by atoms with Crippen LogP contribution in [0.15, 0.2) is 41.3 Å². The third kappa shape index (κ3) is 4.93. The highest BCUT2D eigenvalue weighted by Crippen LogP contribution is 2.27. The fourth-order valence-electron chi connectivity index (χ4n) is 3.17. The highest BCUT2D eigenvalue weighted by molar-refractivity contribution is 7.89. The van der Waals surface area contributed by atoms with Crippen molar-refractivity contribution in [1.82, 2.24) is 4.72 Å². The zero-order chi connectivity index (χ0) is 19.3. The molecular weight excluding hydrogens is 366 g/mol. The van der Waals surface area contributed by atoms with Crippen molar-refractivity contribution in [3.63, 3.8) is 0 Å². The first-order valence-electron chi connectivity index (χ1n) is 8.99. The van der Waals surface area contributed by atoms with Crippen molar-refractivity contribution in [1.29, 1.82) is 0 Å². The summed E-state index contributed by atoms with van der Waals surface area (Å²) in [5.41, 5.74) is 2.40. The van der Waals surface area contributed by atoms with Crippen molar-refractivity contribution in [3.05, 3.63) is 47.5 Å². The van der Waals surface area contributed by atoms with Gasteiger partial charge in [0.05, 0.1) is 19.1 Å². The van der Waals surface area contributed by atoms with Gasteiger partial charge in [-0.05, 0) is 48.9 Å². The van der Waals surface area contributed by atoms with E-state index in [0.29, 0.717) is 22.1 Å². The van der Waals surface area contributed by atoms with Crippen LogP contribution in [0.4, 0.5) is 0 Å². The van der Waals surface area contributed by atoms with Gasteiger partial charge in [0, 0.05) is 24.7 Å². The molecule has 146 valence electrons. The summed E-state index contributed by atoms with van der Waals surface area (Å²) in [6, 6.07) is 10.6. The number of benzene rings is 2. The molecule has 7 heteroatoms. The van der Waals surface area contributed by atoms with Crippen molar-refractivity contribution in [2.45, 2.75) is 30.6 Å². The van der Waals surface area contributed by atoms with E-state index in [1.54, 1.807) is 44.6 Å². The Bertz CT molecular complexity index is 873. The van der Waals surface area contributed by atoms with Gasteiger partial charge in [-0.15, -0.1) is 0 Å². The van der Waals surface area contributed by atoms with Crippen molar-refractivity contribution >= 4 is 10.0 Å². The summed E-state index contributed by atoms with van der Waals surface area (Å²) in [5.74, 6) is 1.78. The number of sulfonamides is 1. The van der Waals surface area contributed by atoms with Crippen LogP contribution in [-0.4, -0.2) is 35.8 Å². The van der Waals surface area contributed by atoms with E-state index >= 15 is 0 Å². The highest BCUT2D eigenvalue weighted by Gasteiger charge is 2.17. The van der Waals surface area contributed by atoms with Gasteiger partial charge in [-0.1, -0.05) is 6.07 Å². The van der Waals surface area contributed by atoms with Gasteiger partial charge >= 0.3 is 0 Å². The molecule has 6 nitrogen and oxygen atoms in total. The van der Waals surface area contributed by atoms with Gasteiger partial charge in [0.1, 0.15) is 23.9 Å². The first-order chi connectivity index (χ1) is 13.0. The lowest BCUT2D eigenvalue weighted by atomic mass is 9.92. The molecule has 0 bridgehead atoms. The van der Waals surface area contributed by atoms with Crippen LogP contribution in [0.5, 0.6) is 17.2 Å². The smallest absolute Gasteiger partial charge is 0.240 e. The molecule has 1 N–H and O–H groups in total. The summed E-state index contributed by atoms with van der Waals surface area (Å²) in [6.45, 7) is 0.361. The Labute approximate surface area is 160 Å². The Morgan fingerprint density at radius 3 is 2.19 bits per heavy atom. The van der Waals surface area contributed by atoms with E-state index in [4.69, 9.17) is 14.2 Å². The molecule has 0 spiro atoms. The van der Waals surface area contributed by atoms with Gasteiger partial charge in [0.2, 0.25) is 10.0 Å². The van der Waals surface area contributed by atoms with Crippen LogP contribution in [0.2, 0.25) is 0 Å². The number of ether oxygens (including phenoxy) is 3. The Morgan fingerprint density at radius 1 is 0.889 bits per heavy atom. The number of methoxy groups -OCH3 is 2. The molecule has 1 aliphatic rings. The standard InChI is InChI=1S/C20H25NO5S/c1-24-17-12-18(25-2)14-19(13-17)26-10-9-21-27(22,23)20-8-7-15-5-3-4-6-16(15)11-20/h7-8,11-14,21H,3-6,9-10H2,1-2H3. The molecular formula is C20H25NO5S. The van der Waals surface area contributed by atoms with Crippen LogP contribution >= 0.6 is 0 Å². The average Bonchev–Trinajstić information content (AvgIpc) is 2.70. The first kappa shape index (κ1) is 19.5. The van der Waals surface area contributed by atoms with Crippen LogP contribution in [0.1, 0.15) is 24.0 Å². The van der Waals surface area contributed by atoms with Crippen LogP contribution in [-0.2, 0) is 22.9 Å². The summed E-state index contributed by atoms with van der Waals surface area (Å²) in [6.07, 6.45) is 4.26. The first-order valence-corrected chi connectivity index (χ1v) is 10.5. The quantitative estimate of drug-likeness (QED) is 0.701. The molecule has 1 aliphatic carbocycles. The van der Waals surface area contributed by atoms with Crippen LogP contribution in [0.25, 0.3) is 0 Å². The predicted octanol–water partition coefficient (Wildman–Crippen LogP) is 2.94. The Kier molecular flexibility index (Phi) is 6.23. The summed E-state index contributed by atoms with van der Waals surface area (Å²) in [5, 5.41) is 0. The Balaban J connectivity index is 1.58. The van der Waals surface area contributed by atoms with Crippen LogP contribution < -0.4 is 18.9 Å². The van der Waals surface area contributed by atoms with Crippen molar-refractivity contribution < 1.29 is 22.6 Å². The summed E-state index contributed by atoms with van der Waals surface area (Å²) < 4.78 is 43.6. The molecule has 0 aromatic heterocycles. The fourth-order valence-corrected chi connectivity index (χ4v) is 4.23. The zero-order valence-corrected chi connectivity index (χ0v) is 16.5. The average molecular weight is 391 g/mol. The predicted molar refractivity (Wildman–Crippen MR) is 103 cm³/mol. The number of hydrogen-bond donors (Lipinski definition) is 1. The molecule has 27 heavy (non-hydrogen) atoms. The summed E-state index contributed by atoms with van der Waals surface area (Å²) >= 11 is 0. The van der Waals surface area contributed by atoms with Gasteiger partial charge in [-0.2, -0.15) is 0 Å². The van der Waals surface area contributed by atoms with Crippen LogP contribution in [0.3, 0.4) is 0 Å². The lowest BCUT2D eigenvalue weighted by Crippen LogP contribution is -2.28. The van der Waals surface area contributed by atoms with E-state index in [9.17, 15) is 8.42 Å². The molecule has 0 aliphatic heterocycles. The largest absolute Gasteiger partial charge is 0.496 e. The number of nitrogens with one attached hydrogen (secondary N) is 1. The molecule has 3 rings (SSSR count). The minimum absolute atomic E-state index is 0.166. The topological polar surface area (TPSA) is 73.9 Å². The maximum absolute atomic E-state index is 12.5. The Morgan fingerprint density at radius 2 is 1.52 bits per heavy atom. The summed E-state index contributed by atoms with van der Waals surface area (Å²) in [4.78, 5) is 0.311. The minimum atomic E-state index is -3.55. The maximum atomic E-state index is 12.5. The second-order valence-electron chi connectivity index (χ2n) is 6.43. The van der Waals surface area contributed by atoms with Gasteiger partial charge in [-0.3, -0.25) is 0 Å². The van der Waals surface area contributed by atoms with E-state index in [0.717, 1.165) is 24.8 Å². The monoisotopic (exact) mass is 391 g/mol. The maximum Gasteiger partial charge on any atom is 0.240 e. The second-order valence-corrected chi connectivity index (χ2v) is 8.20. The summed E-state index contributed by atoms with van der Waals surface area (Å²) in [7, 11) is -0.432. The normalized spacial score (nSPS) is 13.7. The van der Waals surface area contributed by atoms with Crippen molar-refractivity contribution in [2.75, 3.05) is 27.4 Å². The molecule has 0 heterocycles. The molecule has 0 radical (unpaired) electrons. The zero-order valence-electron chi connectivity index (χ0n) is 15.7.